The molecular formula is C22H25FN6O5. The van der Waals surface area contributed by atoms with Gasteiger partial charge in [0.05, 0.1) is 43.3 Å². The molecule has 0 aliphatic carbocycles. The number of hydrogen-bond acceptors (Lipinski definition) is 7. The first kappa shape index (κ1) is 23.5. The highest BCUT2D eigenvalue weighted by atomic mass is 19.1. The van der Waals surface area contributed by atoms with E-state index >= 15 is 0 Å². The second kappa shape index (κ2) is 9.69. The van der Waals surface area contributed by atoms with Crippen LogP contribution in [0.4, 0.5) is 10.2 Å². The van der Waals surface area contributed by atoms with Crippen LogP contribution in [0.25, 0.3) is 5.65 Å². The van der Waals surface area contributed by atoms with Crippen molar-refractivity contribution in [1.29, 1.82) is 0 Å². The number of aromatic nitrogens is 4. The van der Waals surface area contributed by atoms with Gasteiger partial charge >= 0.3 is 0 Å². The summed E-state index contributed by atoms with van der Waals surface area (Å²) in [6.45, 7) is 2.09. The molecule has 0 saturated carbocycles. The zero-order valence-electron chi connectivity index (χ0n) is 19.1. The third-order valence-corrected chi connectivity index (χ3v) is 5.63. The van der Waals surface area contributed by atoms with E-state index in [1.165, 1.54) is 40.3 Å². The number of ether oxygens (including phenoxy) is 2. The molecule has 0 atom stereocenters. The Balaban J connectivity index is 1.77. The molecule has 0 bridgehead atoms. The Morgan fingerprint density at radius 3 is 2.59 bits per heavy atom. The van der Waals surface area contributed by atoms with Gasteiger partial charge in [-0.05, 0) is 18.6 Å². The third kappa shape index (κ3) is 4.29. The van der Waals surface area contributed by atoms with Gasteiger partial charge in [-0.2, -0.15) is 9.61 Å². The molecule has 2 amide bonds. The Morgan fingerprint density at radius 1 is 1.24 bits per heavy atom. The molecule has 3 aromatic heterocycles. The van der Waals surface area contributed by atoms with Gasteiger partial charge in [0, 0.05) is 20.3 Å². The third-order valence-electron chi connectivity index (χ3n) is 5.63. The van der Waals surface area contributed by atoms with Crippen molar-refractivity contribution < 1.29 is 23.5 Å². The molecule has 0 unspecified atom stereocenters. The second-order valence-electron chi connectivity index (χ2n) is 7.89. The largest absolute Gasteiger partial charge is 0.382 e. The zero-order valence-corrected chi connectivity index (χ0v) is 19.1. The number of nitrogens with zero attached hydrogens (tertiary/aromatic N) is 5. The summed E-state index contributed by atoms with van der Waals surface area (Å²) in [4.78, 5) is 44.9. The molecule has 0 saturated heterocycles. The number of rotatable bonds is 9. The number of aryl methyl sites for hydroxylation is 1. The zero-order chi connectivity index (χ0) is 24.4. The number of pyridine rings is 1. The summed E-state index contributed by atoms with van der Waals surface area (Å²) in [5.41, 5.74) is 0.933. The SMILES string of the molecule is CCc1cc2n(CC(=O)Nc3ccc(F)cn3)c3c(c(=O)n2n1)CN(C(COC)COC)C3=O. The van der Waals surface area contributed by atoms with Gasteiger partial charge in [0.2, 0.25) is 5.91 Å². The Labute approximate surface area is 194 Å². The minimum atomic E-state index is -0.531. The fourth-order valence-corrected chi connectivity index (χ4v) is 4.05. The summed E-state index contributed by atoms with van der Waals surface area (Å²) in [5.74, 6) is -1.27. The van der Waals surface area contributed by atoms with Crippen LogP contribution in [0.3, 0.4) is 0 Å². The van der Waals surface area contributed by atoms with Crippen molar-refractivity contribution in [2.24, 2.45) is 0 Å². The van der Waals surface area contributed by atoms with Gasteiger partial charge in [-0.3, -0.25) is 14.4 Å². The fourth-order valence-electron chi connectivity index (χ4n) is 4.05. The van der Waals surface area contributed by atoms with Crippen molar-refractivity contribution in [3.05, 3.63) is 57.5 Å². The minimum absolute atomic E-state index is 0.0444. The second-order valence-corrected chi connectivity index (χ2v) is 7.89. The van der Waals surface area contributed by atoms with Crippen molar-refractivity contribution >= 4 is 23.3 Å². The minimum Gasteiger partial charge on any atom is -0.382 e. The molecule has 0 radical (unpaired) electrons. The summed E-state index contributed by atoms with van der Waals surface area (Å²) in [6.07, 6.45) is 1.56. The molecule has 3 aromatic rings. The van der Waals surface area contributed by atoms with Gasteiger partial charge in [0.1, 0.15) is 29.5 Å². The van der Waals surface area contributed by atoms with E-state index < -0.39 is 29.2 Å². The number of anilines is 1. The maximum Gasteiger partial charge on any atom is 0.280 e. The normalized spacial score (nSPS) is 13.2. The lowest BCUT2D eigenvalue weighted by molar-refractivity contribution is -0.116. The average Bonchev–Trinajstić information content (AvgIpc) is 3.40. The summed E-state index contributed by atoms with van der Waals surface area (Å²) < 4.78 is 26.3. The molecule has 0 aromatic carbocycles. The van der Waals surface area contributed by atoms with Crippen molar-refractivity contribution in [3.63, 3.8) is 0 Å². The van der Waals surface area contributed by atoms with Gasteiger partial charge in [-0.15, -0.1) is 0 Å². The van der Waals surface area contributed by atoms with Crippen LogP contribution in [0.2, 0.25) is 0 Å². The van der Waals surface area contributed by atoms with E-state index in [-0.39, 0.29) is 43.4 Å². The van der Waals surface area contributed by atoms with Crippen molar-refractivity contribution in [2.45, 2.75) is 32.5 Å². The van der Waals surface area contributed by atoms with Crippen LogP contribution in [0.5, 0.6) is 0 Å². The van der Waals surface area contributed by atoms with Crippen molar-refractivity contribution in [2.75, 3.05) is 32.8 Å². The molecule has 1 N–H and O–H groups in total. The molecule has 1 aliphatic rings. The van der Waals surface area contributed by atoms with Crippen molar-refractivity contribution in [1.82, 2.24) is 24.1 Å². The Morgan fingerprint density at radius 2 is 1.97 bits per heavy atom. The number of hydrogen-bond donors (Lipinski definition) is 1. The lowest BCUT2D eigenvalue weighted by atomic mass is 10.2. The topological polar surface area (TPSA) is 120 Å². The maximum atomic E-state index is 13.5. The smallest absolute Gasteiger partial charge is 0.280 e. The van der Waals surface area contributed by atoms with Crippen molar-refractivity contribution in [3.8, 4) is 0 Å². The predicted molar refractivity (Wildman–Crippen MR) is 119 cm³/mol. The molecule has 34 heavy (non-hydrogen) atoms. The number of carbonyl (C=O) groups is 2. The number of carbonyl (C=O) groups excluding carboxylic acids is 2. The highest BCUT2D eigenvalue weighted by Gasteiger charge is 2.38. The van der Waals surface area contributed by atoms with Crippen LogP contribution in [-0.4, -0.2) is 69.4 Å². The first-order chi connectivity index (χ1) is 16.4. The molecule has 1 aliphatic heterocycles. The predicted octanol–water partition coefficient (Wildman–Crippen LogP) is 0.848. The summed E-state index contributed by atoms with van der Waals surface area (Å²) in [7, 11) is 3.04. The molecule has 4 rings (SSSR count). The first-order valence-corrected chi connectivity index (χ1v) is 10.7. The fraction of sp³-hybridized carbons (Fsp3) is 0.409. The molecule has 0 fully saturated rings. The standard InChI is InChI=1S/C22H25FN6O5/c1-4-14-7-19-28(10-18(30)25-17-6-5-13(23)8-24-17)20-16(21(31)29(19)26-14)9-27(22(20)32)15(11-33-2)12-34-3/h5-8,15H,4,9-12H2,1-3H3,(H,24,25,30). The number of halogens is 1. The maximum absolute atomic E-state index is 13.5. The lowest BCUT2D eigenvalue weighted by Crippen LogP contribution is -2.42. The number of nitrogens with one attached hydrogen (secondary N) is 1. The van der Waals surface area contributed by atoms with Gasteiger partial charge in [0.15, 0.2) is 0 Å². The van der Waals surface area contributed by atoms with Gasteiger partial charge < -0.3 is 24.3 Å². The van der Waals surface area contributed by atoms with Gasteiger partial charge in [-0.25, -0.2) is 9.37 Å². The Kier molecular flexibility index (Phi) is 6.70. The van der Waals surface area contributed by atoms with Crippen LogP contribution < -0.4 is 10.9 Å². The number of amides is 2. The monoisotopic (exact) mass is 472 g/mol. The molecule has 4 heterocycles. The number of fused-ring (bicyclic) bond motifs is 2. The molecule has 12 heteroatoms. The van der Waals surface area contributed by atoms with Crippen LogP contribution in [0.15, 0.2) is 29.2 Å². The first-order valence-electron chi connectivity index (χ1n) is 10.7. The van der Waals surface area contributed by atoms with E-state index in [0.29, 0.717) is 17.8 Å². The van der Waals surface area contributed by atoms with E-state index in [2.05, 4.69) is 15.4 Å². The van der Waals surface area contributed by atoms with E-state index in [0.717, 1.165) is 6.20 Å². The molecule has 11 nitrogen and oxygen atoms in total. The van der Waals surface area contributed by atoms with Crippen LogP contribution in [-0.2, 0) is 33.8 Å². The van der Waals surface area contributed by atoms with Crippen LogP contribution >= 0.6 is 0 Å². The highest BCUT2D eigenvalue weighted by Crippen LogP contribution is 2.25. The van der Waals surface area contributed by atoms with E-state index in [9.17, 15) is 18.8 Å². The Bertz CT molecular complexity index is 1280. The highest BCUT2D eigenvalue weighted by molar-refractivity contribution is 5.98. The summed E-state index contributed by atoms with van der Waals surface area (Å²) in [5, 5.41) is 6.94. The molecular weight excluding hydrogens is 447 g/mol. The quantitative estimate of drug-likeness (QED) is 0.490. The van der Waals surface area contributed by atoms with E-state index in [4.69, 9.17) is 9.47 Å². The van der Waals surface area contributed by atoms with E-state index in [1.54, 1.807) is 6.07 Å². The van der Waals surface area contributed by atoms with Gasteiger partial charge in [0.25, 0.3) is 11.5 Å². The summed E-state index contributed by atoms with van der Waals surface area (Å²) >= 11 is 0. The van der Waals surface area contributed by atoms with Gasteiger partial charge in [-0.1, -0.05) is 6.92 Å². The molecule has 180 valence electrons. The lowest BCUT2D eigenvalue weighted by Gasteiger charge is -2.26. The van der Waals surface area contributed by atoms with Crippen LogP contribution in [0.1, 0.15) is 28.7 Å². The Hall–Kier alpha value is -3.64. The number of methoxy groups -OCH3 is 2. The molecule has 0 spiro atoms. The average molecular weight is 472 g/mol. The van der Waals surface area contributed by atoms with Crippen LogP contribution in [0, 0.1) is 5.82 Å². The van der Waals surface area contributed by atoms with E-state index in [1.807, 2.05) is 6.92 Å². The summed E-state index contributed by atoms with van der Waals surface area (Å²) in [6, 6.07) is 3.77.